The van der Waals surface area contributed by atoms with Gasteiger partial charge in [-0.15, -0.1) is 16.4 Å². The van der Waals surface area contributed by atoms with Crippen LogP contribution in [0.5, 0.6) is 0 Å². The maximum absolute atomic E-state index is 13.6. The lowest BCUT2D eigenvalue weighted by molar-refractivity contribution is 0.517. The average molecular weight is 417 g/mol. The molecule has 0 bridgehead atoms. The third-order valence-electron chi connectivity index (χ3n) is 5.85. The van der Waals surface area contributed by atoms with Crippen molar-refractivity contribution in [3.63, 3.8) is 0 Å². The summed E-state index contributed by atoms with van der Waals surface area (Å²) in [6, 6.07) is 11.7. The van der Waals surface area contributed by atoms with Gasteiger partial charge < -0.3 is 9.73 Å². The van der Waals surface area contributed by atoms with Crippen LogP contribution in [0.15, 0.2) is 51.9 Å². The number of furan rings is 1. The van der Waals surface area contributed by atoms with Crippen molar-refractivity contribution in [3.8, 4) is 0 Å². The summed E-state index contributed by atoms with van der Waals surface area (Å²) >= 11 is 1.68. The van der Waals surface area contributed by atoms with Crippen LogP contribution in [0, 0.1) is 0 Å². The molecule has 0 saturated heterocycles. The molecule has 6 rings (SSSR count). The van der Waals surface area contributed by atoms with Crippen LogP contribution < -0.4 is 10.9 Å². The van der Waals surface area contributed by atoms with Crippen molar-refractivity contribution in [3.05, 3.63) is 69.2 Å². The van der Waals surface area contributed by atoms with Crippen LogP contribution >= 0.6 is 11.3 Å². The number of nitrogens with one attached hydrogen (secondary N) is 1. The van der Waals surface area contributed by atoms with Gasteiger partial charge in [0.25, 0.3) is 5.56 Å². The summed E-state index contributed by atoms with van der Waals surface area (Å²) < 4.78 is 6.91. The zero-order valence-electron chi connectivity index (χ0n) is 16.4. The van der Waals surface area contributed by atoms with Crippen LogP contribution in [0.3, 0.4) is 0 Å². The van der Waals surface area contributed by atoms with Gasteiger partial charge in [-0.3, -0.25) is 4.79 Å². The van der Waals surface area contributed by atoms with Gasteiger partial charge in [0, 0.05) is 15.6 Å². The highest BCUT2D eigenvalue weighted by Gasteiger charge is 2.21. The molecule has 5 aromatic rings. The van der Waals surface area contributed by atoms with Gasteiger partial charge in [-0.2, -0.15) is 4.52 Å². The summed E-state index contributed by atoms with van der Waals surface area (Å²) in [6.07, 6.45) is 7.17. The SMILES string of the molecule is O=c1c2c3c(sc2nc2c4ccccc4c(NCc4ccco4)nn12)CCCCC3. The Labute approximate surface area is 176 Å². The maximum Gasteiger partial charge on any atom is 0.283 e. The van der Waals surface area contributed by atoms with Crippen LogP contribution in [-0.2, 0) is 19.4 Å². The van der Waals surface area contributed by atoms with Gasteiger partial charge in [0.05, 0.1) is 18.2 Å². The first-order valence-corrected chi connectivity index (χ1v) is 11.1. The highest BCUT2D eigenvalue weighted by molar-refractivity contribution is 7.18. The second kappa shape index (κ2) is 6.95. The zero-order valence-corrected chi connectivity index (χ0v) is 17.2. The predicted molar refractivity (Wildman–Crippen MR) is 119 cm³/mol. The molecular weight excluding hydrogens is 396 g/mol. The second-order valence-corrected chi connectivity index (χ2v) is 8.81. The van der Waals surface area contributed by atoms with E-state index < -0.39 is 0 Å². The van der Waals surface area contributed by atoms with Crippen molar-refractivity contribution in [2.75, 3.05) is 5.32 Å². The van der Waals surface area contributed by atoms with E-state index in [-0.39, 0.29) is 5.56 Å². The van der Waals surface area contributed by atoms with E-state index in [0.29, 0.717) is 18.0 Å². The second-order valence-electron chi connectivity index (χ2n) is 7.72. The summed E-state index contributed by atoms with van der Waals surface area (Å²) in [7, 11) is 0. The largest absolute Gasteiger partial charge is 0.467 e. The number of nitrogens with zero attached hydrogens (tertiary/aromatic N) is 3. The number of rotatable bonds is 3. The Morgan fingerprint density at radius 2 is 1.93 bits per heavy atom. The Morgan fingerprint density at radius 1 is 1.07 bits per heavy atom. The molecule has 1 aromatic carbocycles. The van der Waals surface area contributed by atoms with Gasteiger partial charge in [-0.1, -0.05) is 30.7 Å². The molecule has 4 aromatic heterocycles. The summed E-state index contributed by atoms with van der Waals surface area (Å²) in [5, 5.41) is 10.6. The fourth-order valence-corrected chi connectivity index (χ4v) is 5.65. The summed E-state index contributed by atoms with van der Waals surface area (Å²) in [5.41, 5.74) is 1.74. The minimum absolute atomic E-state index is 0.0683. The van der Waals surface area contributed by atoms with E-state index in [1.807, 2.05) is 36.4 Å². The molecule has 1 aliphatic carbocycles. The van der Waals surface area contributed by atoms with E-state index in [0.717, 1.165) is 46.0 Å². The van der Waals surface area contributed by atoms with E-state index in [1.165, 1.54) is 27.8 Å². The van der Waals surface area contributed by atoms with Gasteiger partial charge in [-0.25, -0.2) is 4.98 Å². The van der Waals surface area contributed by atoms with Crippen molar-refractivity contribution in [1.29, 1.82) is 0 Å². The van der Waals surface area contributed by atoms with Gasteiger partial charge in [-0.05, 0) is 43.4 Å². The van der Waals surface area contributed by atoms with Crippen LogP contribution in [0.25, 0.3) is 26.6 Å². The van der Waals surface area contributed by atoms with E-state index in [2.05, 4.69) is 5.32 Å². The monoisotopic (exact) mass is 416 g/mol. The average Bonchev–Trinajstić information content (AvgIpc) is 3.35. The Morgan fingerprint density at radius 3 is 2.80 bits per heavy atom. The first-order chi connectivity index (χ1) is 14.8. The third kappa shape index (κ3) is 2.73. The van der Waals surface area contributed by atoms with Gasteiger partial charge >= 0.3 is 0 Å². The summed E-state index contributed by atoms with van der Waals surface area (Å²) in [4.78, 5) is 20.7. The van der Waals surface area contributed by atoms with Crippen molar-refractivity contribution in [2.24, 2.45) is 0 Å². The molecule has 1 aliphatic rings. The first kappa shape index (κ1) is 17.7. The third-order valence-corrected chi connectivity index (χ3v) is 7.04. The molecule has 0 atom stereocenters. The smallest absolute Gasteiger partial charge is 0.283 e. The molecule has 4 heterocycles. The lowest BCUT2D eigenvalue weighted by atomic mass is 10.1. The van der Waals surface area contributed by atoms with Crippen LogP contribution in [0.4, 0.5) is 5.82 Å². The zero-order chi connectivity index (χ0) is 20.1. The van der Waals surface area contributed by atoms with Crippen molar-refractivity contribution in [1.82, 2.24) is 14.6 Å². The lowest BCUT2D eigenvalue weighted by Gasteiger charge is -2.11. The van der Waals surface area contributed by atoms with Crippen molar-refractivity contribution >= 4 is 43.8 Å². The topological polar surface area (TPSA) is 72.4 Å². The molecule has 7 heteroatoms. The van der Waals surface area contributed by atoms with Crippen molar-refractivity contribution in [2.45, 2.75) is 38.6 Å². The minimum atomic E-state index is -0.0683. The van der Waals surface area contributed by atoms with Gasteiger partial charge in [0.15, 0.2) is 11.5 Å². The molecular formula is C23H20N4O2S. The number of thiophene rings is 1. The number of fused-ring (bicyclic) bond motifs is 6. The molecule has 1 N–H and O–H groups in total. The Kier molecular flexibility index (Phi) is 4.09. The van der Waals surface area contributed by atoms with E-state index in [4.69, 9.17) is 14.5 Å². The Hall–Kier alpha value is -3.19. The molecule has 0 radical (unpaired) electrons. The Bertz CT molecular complexity index is 1450. The van der Waals surface area contributed by atoms with Crippen molar-refractivity contribution < 1.29 is 4.42 Å². The number of benzene rings is 1. The van der Waals surface area contributed by atoms with Gasteiger partial charge in [0.1, 0.15) is 10.6 Å². The fraction of sp³-hybridized carbons (Fsp3) is 0.261. The molecule has 150 valence electrons. The van der Waals surface area contributed by atoms with E-state index >= 15 is 0 Å². The molecule has 30 heavy (non-hydrogen) atoms. The minimum Gasteiger partial charge on any atom is -0.467 e. The van der Waals surface area contributed by atoms with E-state index in [9.17, 15) is 4.79 Å². The predicted octanol–water partition coefficient (Wildman–Crippen LogP) is 4.93. The number of aromatic nitrogens is 3. The van der Waals surface area contributed by atoms with Crippen LogP contribution in [-0.4, -0.2) is 14.6 Å². The van der Waals surface area contributed by atoms with Crippen LogP contribution in [0.2, 0.25) is 0 Å². The lowest BCUT2D eigenvalue weighted by Crippen LogP contribution is -2.20. The number of anilines is 1. The molecule has 0 fully saturated rings. The highest BCUT2D eigenvalue weighted by atomic mass is 32.1. The van der Waals surface area contributed by atoms with Gasteiger partial charge in [0.2, 0.25) is 0 Å². The number of hydrogen-bond donors (Lipinski definition) is 1. The molecule has 0 aliphatic heterocycles. The summed E-state index contributed by atoms with van der Waals surface area (Å²) in [6.45, 7) is 0.494. The molecule has 0 amide bonds. The molecule has 6 nitrogen and oxygen atoms in total. The summed E-state index contributed by atoms with van der Waals surface area (Å²) in [5.74, 6) is 1.46. The number of hydrogen-bond acceptors (Lipinski definition) is 6. The molecule has 0 unspecified atom stereocenters. The number of aryl methyl sites for hydroxylation is 2. The molecule has 0 spiro atoms. The maximum atomic E-state index is 13.6. The first-order valence-electron chi connectivity index (χ1n) is 10.3. The standard InChI is InChI=1S/C23H20N4O2S/c28-23-19-17-10-2-1-3-11-18(17)30-22(19)25-21-16-9-5-4-8-15(16)20(26-27(21)23)24-13-14-7-6-12-29-14/h4-9,12H,1-3,10-11,13H2,(H,24,26). The van der Waals surface area contributed by atoms with E-state index in [1.54, 1.807) is 17.6 Å². The fourth-order valence-electron chi connectivity index (χ4n) is 4.39. The highest BCUT2D eigenvalue weighted by Crippen LogP contribution is 2.34. The Balaban J connectivity index is 1.61. The normalized spacial score (nSPS) is 14.3. The molecule has 0 saturated carbocycles. The quantitative estimate of drug-likeness (QED) is 0.333. The van der Waals surface area contributed by atoms with Crippen LogP contribution in [0.1, 0.15) is 35.5 Å².